The number of thiophene rings is 1. The van der Waals surface area contributed by atoms with E-state index in [1.807, 2.05) is 11.9 Å². The zero-order valence-corrected chi connectivity index (χ0v) is 10.9. The van der Waals surface area contributed by atoms with Crippen molar-refractivity contribution in [3.8, 4) is 0 Å². The molecule has 0 fully saturated rings. The zero-order chi connectivity index (χ0) is 10.6. The van der Waals surface area contributed by atoms with Gasteiger partial charge in [-0.15, -0.1) is 11.3 Å². The van der Waals surface area contributed by atoms with Crippen LogP contribution < -0.4 is 0 Å². The van der Waals surface area contributed by atoms with Crippen LogP contribution in [0, 0.1) is 5.41 Å². The largest absolute Gasteiger partial charge is 0.359 e. The summed E-state index contributed by atoms with van der Waals surface area (Å²) in [6.45, 7) is 2.94. The first-order valence-electron chi connectivity index (χ1n) is 4.65. The number of hydrogen-bond acceptors (Lipinski definition) is 2. The van der Waals surface area contributed by atoms with Crippen molar-refractivity contribution in [1.82, 2.24) is 4.90 Å². The van der Waals surface area contributed by atoms with E-state index in [9.17, 15) is 0 Å². The van der Waals surface area contributed by atoms with Gasteiger partial charge in [-0.3, -0.25) is 5.41 Å². The lowest BCUT2D eigenvalue weighted by Crippen LogP contribution is -2.24. The number of rotatable bonds is 4. The monoisotopic (exact) mass is 274 g/mol. The highest BCUT2D eigenvalue weighted by atomic mass is 79.9. The van der Waals surface area contributed by atoms with Crippen molar-refractivity contribution in [2.75, 3.05) is 7.05 Å². The van der Waals surface area contributed by atoms with Crippen LogP contribution in [0.3, 0.4) is 0 Å². The first kappa shape index (κ1) is 11.7. The van der Waals surface area contributed by atoms with Crippen LogP contribution in [0.1, 0.15) is 25.3 Å². The fourth-order valence-corrected chi connectivity index (χ4v) is 2.43. The molecule has 0 bridgehead atoms. The molecule has 0 amide bonds. The molecule has 1 heterocycles. The highest BCUT2D eigenvalue weighted by Crippen LogP contribution is 2.21. The summed E-state index contributed by atoms with van der Waals surface area (Å²) >= 11 is 5.13. The Kier molecular flexibility index (Phi) is 4.62. The fourth-order valence-electron chi connectivity index (χ4n) is 1.23. The van der Waals surface area contributed by atoms with Crippen LogP contribution in [-0.2, 0) is 6.54 Å². The van der Waals surface area contributed by atoms with E-state index in [0.29, 0.717) is 0 Å². The molecule has 1 aromatic rings. The van der Waals surface area contributed by atoms with Gasteiger partial charge >= 0.3 is 0 Å². The summed E-state index contributed by atoms with van der Waals surface area (Å²) in [4.78, 5) is 2.00. The summed E-state index contributed by atoms with van der Waals surface area (Å²) in [6, 6.07) is 2.11. The third kappa shape index (κ3) is 3.42. The molecule has 0 aliphatic heterocycles. The minimum atomic E-state index is 0.717. The minimum absolute atomic E-state index is 0.717. The van der Waals surface area contributed by atoms with Gasteiger partial charge in [-0.1, -0.05) is 6.92 Å². The van der Waals surface area contributed by atoms with Crippen molar-refractivity contribution in [1.29, 1.82) is 5.41 Å². The van der Waals surface area contributed by atoms with Gasteiger partial charge in [0.25, 0.3) is 0 Å². The van der Waals surface area contributed by atoms with Gasteiger partial charge in [-0.25, -0.2) is 0 Å². The van der Waals surface area contributed by atoms with Crippen LogP contribution in [0.4, 0.5) is 0 Å². The Hall–Kier alpha value is -0.350. The molecular formula is C10H15BrN2S. The maximum atomic E-state index is 7.77. The number of nitrogens with one attached hydrogen (secondary N) is 1. The second kappa shape index (κ2) is 5.51. The highest BCUT2D eigenvalue weighted by Gasteiger charge is 2.05. The lowest BCUT2D eigenvalue weighted by molar-refractivity contribution is 0.484. The molecule has 0 atom stereocenters. The summed E-state index contributed by atoms with van der Waals surface area (Å²) in [5.41, 5.74) is 1.27. The summed E-state index contributed by atoms with van der Waals surface area (Å²) < 4.78 is 1.16. The minimum Gasteiger partial charge on any atom is -0.359 e. The molecule has 0 aliphatic carbocycles. The van der Waals surface area contributed by atoms with E-state index in [-0.39, 0.29) is 0 Å². The number of hydrogen-bond donors (Lipinski definition) is 1. The van der Waals surface area contributed by atoms with Crippen LogP contribution in [0.25, 0.3) is 0 Å². The van der Waals surface area contributed by atoms with Crippen molar-refractivity contribution in [2.24, 2.45) is 0 Å². The summed E-state index contributed by atoms with van der Waals surface area (Å²) in [5.74, 6) is 0.717. The molecule has 0 aliphatic rings. The van der Waals surface area contributed by atoms with Gasteiger partial charge in [0.1, 0.15) is 0 Å². The predicted octanol–water partition coefficient (Wildman–Crippen LogP) is 3.72. The van der Waals surface area contributed by atoms with Crippen LogP contribution in [0.5, 0.6) is 0 Å². The molecule has 1 N–H and O–H groups in total. The average Bonchev–Trinajstić information content (AvgIpc) is 2.51. The summed E-state index contributed by atoms with van der Waals surface area (Å²) in [7, 11) is 1.98. The van der Waals surface area contributed by atoms with Crippen molar-refractivity contribution in [3.63, 3.8) is 0 Å². The molecule has 78 valence electrons. The van der Waals surface area contributed by atoms with E-state index in [0.717, 1.165) is 29.0 Å². The lowest BCUT2D eigenvalue weighted by atomic mass is 10.2. The number of halogens is 1. The molecule has 0 saturated heterocycles. The van der Waals surface area contributed by atoms with Gasteiger partial charge < -0.3 is 4.90 Å². The fraction of sp³-hybridized carbons (Fsp3) is 0.500. The van der Waals surface area contributed by atoms with E-state index in [1.54, 1.807) is 11.3 Å². The topological polar surface area (TPSA) is 27.1 Å². The SMILES string of the molecule is CCCC(=N)N(C)Cc1csc(Br)c1. The third-order valence-corrected chi connectivity index (χ3v) is 3.54. The summed E-state index contributed by atoms with van der Waals surface area (Å²) in [6.07, 6.45) is 1.90. The van der Waals surface area contributed by atoms with E-state index in [1.165, 1.54) is 5.56 Å². The molecule has 2 nitrogen and oxygen atoms in total. The van der Waals surface area contributed by atoms with Crippen molar-refractivity contribution >= 4 is 33.1 Å². The molecule has 4 heteroatoms. The highest BCUT2D eigenvalue weighted by molar-refractivity contribution is 9.11. The Balaban J connectivity index is 2.48. The molecule has 0 aromatic carbocycles. The maximum absolute atomic E-state index is 7.77. The Labute approximate surface area is 97.6 Å². The normalized spacial score (nSPS) is 10.2. The molecule has 1 aromatic heterocycles. The van der Waals surface area contributed by atoms with Crippen molar-refractivity contribution in [2.45, 2.75) is 26.3 Å². The van der Waals surface area contributed by atoms with Crippen LogP contribution in [-0.4, -0.2) is 17.8 Å². The van der Waals surface area contributed by atoms with E-state index in [4.69, 9.17) is 5.41 Å². The van der Waals surface area contributed by atoms with Gasteiger partial charge in [0.2, 0.25) is 0 Å². The van der Waals surface area contributed by atoms with Crippen molar-refractivity contribution < 1.29 is 0 Å². The Morgan fingerprint density at radius 2 is 2.36 bits per heavy atom. The molecule has 1 rings (SSSR count). The van der Waals surface area contributed by atoms with Crippen LogP contribution in [0.15, 0.2) is 15.2 Å². The van der Waals surface area contributed by atoms with Crippen LogP contribution in [0.2, 0.25) is 0 Å². The van der Waals surface area contributed by atoms with Gasteiger partial charge in [0.15, 0.2) is 0 Å². The molecular weight excluding hydrogens is 260 g/mol. The van der Waals surface area contributed by atoms with Crippen molar-refractivity contribution in [3.05, 3.63) is 20.8 Å². The van der Waals surface area contributed by atoms with Gasteiger partial charge in [0.05, 0.1) is 9.62 Å². The van der Waals surface area contributed by atoms with E-state index < -0.39 is 0 Å². The van der Waals surface area contributed by atoms with Gasteiger partial charge in [-0.05, 0) is 39.4 Å². The first-order chi connectivity index (χ1) is 6.63. The molecule has 0 saturated carbocycles. The van der Waals surface area contributed by atoms with E-state index >= 15 is 0 Å². The zero-order valence-electron chi connectivity index (χ0n) is 8.51. The molecule has 0 unspecified atom stereocenters. The quantitative estimate of drug-likeness (QED) is 0.658. The van der Waals surface area contributed by atoms with Gasteiger partial charge in [-0.2, -0.15) is 0 Å². The first-order valence-corrected chi connectivity index (χ1v) is 6.32. The van der Waals surface area contributed by atoms with Gasteiger partial charge in [0, 0.05) is 20.0 Å². The third-order valence-electron chi connectivity index (χ3n) is 1.99. The number of nitrogens with zero attached hydrogens (tertiary/aromatic N) is 1. The standard InChI is InChI=1S/C10H15BrN2S/c1-3-4-10(12)13(2)6-8-5-9(11)14-7-8/h5,7,12H,3-4,6H2,1-2H3. The van der Waals surface area contributed by atoms with E-state index in [2.05, 4.69) is 34.3 Å². The maximum Gasteiger partial charge on any atom is 0.0957 e. The average molecular weight is 275 g/mol. The summed E-state index contributed by atoms with van der Waals surface area (Å²) in [5, 5.41) is 9.89. The second-order valence-electron chi connectivity index (χ2n) is 3.31. The number of amidine groups is 1. The molecule has 14 heavy (non-hydrogen) atoms. The second-order valence-corrected chi connectivity index (χ2v) is 5.60. The molecule has 0 radical (unpaired) electrons. The lowest BCUT2D eigenvalue weighted by Gasteiger charge is -2.18. The Morgan fingerprint density at radius 1 is 1.64 bits per heavy atom. The Morgan fingerprint density at radius 3 is 2.86 bits per heavy atom. The molecule has 0 spiro atoms. The Bertz CT molecular complexity index is 309. The van der Waals surface area contributed by atoms with Crippen LogP contribution >= 0.6 is 27.3 Å². The predicted molar refractivity (Wildman–Crippen MR) is 66.1 cm³/mol. The smallest absolute Gasteiger partial charge is 0.0957 e.